The first-order chi connectivity index (χ1) is 20.2. The van der Waals surface area contributed by atoms with Gasteiger partial charge in [-0.2, -0.15) is 0 Å². The lowest BCUT2D eigenvalue weighted by atomic mass is 9.99. The van der Waals surface area contributed by atoms with Gasteiger partial charge in [0, 0.05) is 47.0 Å². The number of halogens is 1. The molecular weight excluding hydrogens is 529 g/mol. The number of phenols is 1. The first kappa shape index (κ1) is 27.5. The Hall–Kier alpha value is -4.69. The van der Waals surface area contributed by atoms with Gasteiger partial charge in [-0.05, 0) is 97.8 Å². The van der Waals surface area contributed by atoms with Crippen LogP contribution in [0.2, 0.25) is 0 Å². The zero-order chi connectivity index (χ0) is 29.4. The SMILES string of the molecule is Cc1cc(C(=O)N[C@@H](c2cc3ccccc3[nH]2)c2cc(F)ccc2O)cc(-c2cc(C)c(N3CCC(N)CC3)cn2)c1. The number of piperidine rings is 1. The molecule has 3 heterocycles. The molecule has 1 atom stereocenters. The van der Waals surface area contributed by atoms with Crippen LogP contribution in [0.15, 0.2) is 79.0 Å². The normalized spacial score (nSPS) is 14.7. The minimum Gasteiger partial charge on any atom is -0.508 e. The van der Waals surface area contributed by atoms with Crippen molar-refractivity contribution in [3.63, 3.8) is 0 Å². The average molecular weight is 564 g/mol. The van der Waals surface area contributed by atoms with E-state index in [1.54, 1.807) is 0 Å². The Kier molecular flexibility index (Phi) is 7.39. The van der Waals surface area contributed by atoms with E-state index >= 15 is 0 Å². The van der Waals surface area contributed by atoms with E-state index in [4.69, 9.17) is 10.7 Å². The Morgan fingerprint density at radius 3 is 2.62 bits per heavy atom. The highest BCUT2D eigenvalue weighted by molar-refractivity contribution is 5.96. The second-order valence-electron chi connectivity index (χ2n) is 11.2. The van der Waals surface area contributed by atoms with Gasteiger partial charge in [0.15, 0.2) is 0 Å². The summed E-state index contributed by atoms with van der Waals surface area (Å²) in [6, 6.07) is 20.5. The number of anilines is 1. The summed E-state index contributed by atoms with van der Waals surface area (Å²) in [4.78, 5) is 24.2. The van der Waals surface area contributed by atoms with E-state index in [1.807, 2.05) is 61.7 Å². The molecule has 0 spiro atoms. The van der Waals surface area contributed by atoms with Crippen molar-refractivity contribution >= 4 is 22.5 Å². The van der Waals surface area contributed by atoms with E-state index in [2.05, 4.69) is 28.2 Å². The van der Waals surface area contributed by atoms with Gasteiger partial charge in [0.05, 0.1) is 23.6 Å². The highest BCUT2D eigenvalue weighted by atomic mass is 19.1. The van der Waals surface area contributed by atoms with Crippen LogP contribution in [0.25, 0.3) is 22.2 Å². The summed E-state index contributed by atoms with van der Waals surface area (Å²) in [7, 11) is 0. The quantitative estimate of drug-likeness (QED) is 0.199. The van der Waals surface area contributed by atoms with Gasteiger partial charge < -0.3 is 26.0 Å². The van der Waals surface area contributed by atoms with Crippen molar-refractivity contribution in [3.05, 3.63) is 113 Å². The van der Waals surface area contributed by atoms with Crippen LogP contribution in [0.3, 0.4) is 0 Å². The van der Waals surface area contributed by atoms with Gasteiger partial charge in [-0.3, -0.25) is 9.78 Å². The zero-order valence-corrected chi connectivity index (χ0v) is 23.7. The molecule has 5 N–H and O–H groups in total. The van der Waals surface area contributed by atoms with Crippen molar-refractivity contribution in [3.8, 4) is 17.0 Å². The Morgan fingerprint density at radius 1 is 1.07 bits per heavy atom. The topological polar surface area (TPSA) is 107 Å². The maximum atomic E-state index is 14.3. The number of nitrogens with two attached hydrogens (primary N) is 1. The third-order valence-electron chi connectivity index (χ3n) is 8.04. The highest BCUT2D eigenvalue weighted by Gasteiger charge is 2.24. The van der Waals surface area contributed by atoms with E-state index in [-0.39, 0.29) is 23.3 Å². The summed E-state index contributed by atoms with van der Waals surface area (Å²) >= 11 is 0. The molecule has 0 saturated carbocycles. The summed E-state index contributed by atoms with van der Waals surface area (Å²) in [5.74, 6) is -0.973. The van der Waals surface area contributed by atoms with Crippen LogP contribution in [-0.4, -0.2) is 40.1 Å². The second-order valence-corrected chi connectivity index (χ2v) is 11.2. The summed E-state index contributed by atoms with van der Waals surface area (Å²) < 4.78 is 14.3. The number of nitrogens with zero attached hydrogens (tertiary/aromatic N) is 2. The molecule has 5 aromatic rings. The number of aryl methyl sites for hydroxylation is 2. The van der Waals surface area contributed by atoms with Crippen molar-refractivity contribution in [1.82, 2.24) is 15.3 Å². The van der Waals surface area contributed by atoms with Crippen molar-refractivity contribution < 1.29 is 14.3 Å². The predicted octanol–water partition coefficient (Wildman–Crippen LogP) is 6.14. The molecule has 1 aliphatic heterocycles. The van der Waals surface area contributed by atoms with E-state index in [9.17, 15) is 14.3 Å². The summed E-state index contributed by atoms with van der Waals surface area (Å²) in [6.45, 7) is 5.84. The maximum Gasteiger partial charge on any atom is 0.252 e. The lowest BCUT2D eigenvalue weighted by molar-refractivity contribution is 0.0942. The lowest BCUT2D eigenvalue weighted by Crippen LogP contribution is -2.40. The Balaban J connectivity index is 1.32. The minimum atomic E-state index is -0.818. The fraction of sp³-hybridized carbons (Fsp3) is 0.235. The molecule has 0 unspecified atom stereocenters. The van der Waals surface area contributed by atoms with Gasteiger partial charge in [0.2, 0.25) is 0 Å². The molecular formula is C34H34FN5O2. The molecule has 1 fully saturated rings. The summed E-state index contributed by atoms with van der Waals surface area (Å²) in [6.07, 6.45) is 3.83. The van der Waals surface area contributed by atoms with Gasteiger partial charge in [0.25, 0.3) is 5.91 Å². The van der Waals surface area contributed by atoms with Crippen molar-refractivity contribution in [2.24, 2.45) is 5.73 Å². The summed E-state index contributed by atoms with van der Waals surface area (Å²) in [5.41, 5.74) is 13.0. The number of rotatable bonds is 6. The number of aromatic amines is 1. The largest absolute Gasteiger partial charge is 0.508 e. The number of phenolic OH excluding ortho intramolecular Hbond substituents is 1. The van der Waals surface area contributed by atoms with E-state index < -0.39 is 11.9 Å². The fourth-order valence-corrected chi connectivity index (χ4v) is 5.79. The number of pyridine rings is 1. The standard InChI is InChI=1S/C34H34FN5O2/c1-20-13-23(29-15-21(2)31(19-37-29)40-11-9-26(36)10-12-40)16-24(14-20)34(42)39-33(27-18-25(35)7-8-32(27)41)30-17-22-5-3-4-6-28(22)38-30/h3-8,13-19,26,33,38,41H,9-12,36H2,1-2H3,(H,39,42)/t33-/m1/s1. The number of aromatic nitrogens is 2. The Morgan fingerprint density at radius 2 is 1.86 bits per heavy atom. The molecule has 3 aromatic carbocycles. The smallest absolute Gasteiger partial charge is 0.252 e. The first-order valence-electron chi connectivity index (χ1n) is 14.2. The van der Waals surface area contributed by atoms with Crippen LogP contribution >= 0.6 is 0 Å². The van der Waals surface area contributed by atoms with E-state index in [0.29, 0.717) is 11.3 Å². The van der Waals surface area contributed by atoms with Gasteiger partial charge in [-0.25, -0.2) is 4.39 Å². The number of H-pyrrole nitrogens is 1. The molecule has 6 rings (SSSR count). The number of amides is 1. The Labute approximate surface area is 244 Å². The van der Waals surface area contributed by atoms with Crippen molar-refractivity contribution in [1.29, 1.82) is 0 Å². The molecule has 42 heavy (non-hydrogen) atoms. The predicted molar refractivity (Wildman–Crippen MR) is 164 cm³/mol. The molecule has 2 aromatic heterocycles. The Bertz CT molecular complexity index is 1740. The van der Waals surface area contributed by atoms with E-state index in [1.165, 1.54) is 18.2 Å². The van der Waals surface area contributed by atoms with Crippen LogP contribution in [-0.2, 0) is 0 Å². The first-order valence-corrected chi connectivity index (χ1v) is 14.2. The molecule has 0 aliphatic carbocycles. The van der Waals surface area contributed by atoms with Crippen LogP contribution in [0.5, 0.6) is 5.75 Å². The number of carbonyl (C=O) groups is 1. The highest BCUT2D eigenvalue weighted by Crippen LogP contribution is 2.33. The van der Waals surface area contributed by atoms with E-state index in [0.717, 1.165) is 64.9 Å². The van der Waals surface area contributed by atoms with Gasteiger partial charge in [-0.1, -0.05) is 18.2 Å². The number of hydrogen-bond donors (Lipinski definition) is 4. The number of benzene rings is 3. The number of carbonyl (C=O) groups excluding carboxylic acids is 1. The number of nitrogens with one attached hydrogen (secondary N) is 2. The monoisotopic (exact) mass is 563 g/mol. The van der Waals surface area contributed by atoms with Crippen molar-refractivity contribution in [2.75, 3.05) is 18.0 Å². The molecule has 7 nitrogen and oxygen atoms in total. The van der Waals surface area contributed by atoms with Crippen LogP contribution in [0.1, 0.15) is 51.6 Å². The van der Waals surface area contributed by atoms with Gasteiger partial charge >= 0.3 is 0 Å². The molecule has 8 heteroatoms. The average Bonchev–Trinajstić information content (AvgIpc) is 3.41. The minimum absolute atomic E-state index is 0.110. The number of para-hydroxylation sites is 1. The number of aromatic hydroxyl groups is 1. The molecule has 1 aliphatic rings. The molecule has 0 bridgehead atoms. The fourth-order valence-electron chi connectivity index (χ4n) is 5.79. The zero-order valence-electron chi connectivity index (χ0n) is 23.7. The number of fused-ring (bicyclic) bond motifs is 1. The van der Waals surface area contributed by atoms with Gasteiger partial charge in [-0.15, -0.1) is 0 Å². The van der Waals surface area contributed by atoms with Gasteiger partial charge in [0.1, 0.15) is 11.6 Å². The third-order valence-corrected chi connectivity index (χ3v) is 8.04. The van der Waals surface area contributed by atoms with Crippen LogP contribution in [0, 0.1) is 19.7 Å². The van der Waals surface area contributed by atoms with Crippen LogP contribution < -0.4 is 16.0 Å². The number of hydrogen-bond acceptors (Lipinski definition) is 5. The third kappa shape index (κ3) is 5.58. The lowest BCUT2D eigenvalue weighted by Gasteiger charge is -2.32. The van der Waals surface area contributed by atoms with Crippen molar-refractivity contribution in [2.45, 2.75) is 38.8 Å². The second kappa shape index (κ2) is 11.3. The molecule has 1 amide bonds. The maximum absolute atomic E-state index is 14.3. The molecule has 1 saturated heterocycles. The summed E-state index contributed by atoms with van der Waals surface area (Å²) in [5, 5.41) is 14.6. The molecule has 214 valence electrons. The molecule has 0 radical (unpaired) electrons. The van der Waals surface area contributed by atoms with Crippen LogP contribution in [0.4, 0.5) is 10.1 Å².